The fourth-order valence-corrected chi connectivity index (χ4v) is 2.74. The number of pyridine rings is 1. The molecule has 18 heavy (non-hydrogen) atoms. The lowest BCUT2D eigenvalue weighted by Gasteiger charge is -2.30. The Morgan fingerprint density at radius 3 is 2.61 bits per heavy atom. The average Bonchev–Trinajstić information content (AvgIpc) is 2.66. The summed E-state index contributed by atoms with van der Waals surface area (Å²) < 4.78 is 0. The van der Waals surface area contributed by atoms with Crippen molar-refractivity contribution in [2.75, 3.05) is 11.9 Å². The van der Waals surface area contributed by atoms with Gasteiger partial charge in [0.1, 0.15) is 5.84 Å². The lowest BCUT2D eigenvalue weighted by Crippen LogP contribution is -2.33. The molecule has 0 atom stereocenters. The normalized spacial score (nSPS) is 17.2. The van der Waals surface area contributed by atoms with E-state index in [1.54, 1.807) is 6.20 Å². The summed E-state index contributed by atoms with van der Waals surface area (Å²) >= 11 is 0. The van der Waals surface area contributed by atoms with E-state index in [9.17, 15) is 0 Å². The van der Waals surface area contributed by atoms with Gasteiger partial charge in [0.05, 0.1) is 11.9 Å². The Hall–Kier alpha value is -1.58. The minimum Gasteiger partial charge on any atom is -0.384 e. The van der Waals surface area contributed by atoms with Gasteiger partial charge >= 0.3 is 0 Å². The summed E-state index contributed by atoms with van der Waals surface area (Å²) in [6.45, 7) is 0. The van der Waals surface area contributed by atoms with E-state index in [0.29, 0.717) is 6.04 Å². The maximum atomic E-state index is 7.65. The Labute approximate surface area is 109 Å². The minimum absolute atomic E-state index is 0.118. The van der Waals surface area contributed by atoms with Crippen LogP contribution in [0.5, 0.6) is 0 Å². The van der Waals surface area contributed by atoms with Crippen LogP contribution in [-0.2, 0) is 0 Å². The molecule has 0 aliphatic heterocycles. The number of nitrogens with two attached hydrogens (primary N) is 1. The van der Waals surface area contributed by atoms with Gasteiger partial charge in [0.25, 0.3) is 0 Å². The van der Waals surface area contributed by atoms with Gasteiger partial charge in [-0.3, -0.25) is 10.4 Å². The van der Waals surface area contributed by atoms with E-state index >= 15 is 0 Å². The molecule has 0 saturated heterocycles. The second-order valence-electron chi connectivity index (χ2n) is 5.06. The van der Waals surface area contributed by atoms with Crippen molar-refractivity contribution < 1.29 is 0 Å². The van der Waals surface area contributed by atoms with Crippen LogP contribution < -0.4 is 10.6 Å². The number of aromatic nitrogens is 1. The van der Waals surface area contributed by atoms with Crippen LogP contribution in [0.2, 0.25) is 0 Å². The van der Waals surface area contributed by atoms with Crippen LogP contribution >= 0.6 is 0 Å². The van der Waals surface area contributed by atoms with Crippen molar-refractivity contribution in [1.29, 1.82) is 5.41 Å². The quantitative estimate of drug-likeness (QED) is 0.489. The standard InChI is InChI=1S/C14H22N4/c1-18(11-6-4-2-3-5-7-11)13-10-17-9-8-12(13)14(15)16/h8-11H,2-7H2,1H3,(H3,15,16). The smallest absolute Gasteiger partial charge is 0.125 e. The maximum Gasteiger partial charge on any atom is 0.125 e. The van der Waals surface area contributed by atoms with Crippen molar-refractivity contribution in [3.63, 3.8) is 0 Å². The molecular weight excluding hydrogens is 224 g/mol. The highest BCUT2D eigenvalue weighted by Crippen LogP contribution is 2.27. The molecule has 1 aliphatic rings. The predicted molar refractivity (Wildman–Crippen MR) is 75.1 cm³/mol. The Balaban J connectivity index is 2.21. The van der Waals surface area contributed by atoms with Crippen LogP contribution in [0.1, 0.15) is 44.1 Å². The van der Waals surface area contributed by atoms with Crippen molar-refractivity contribution in [3.8, 4) is 0 Å². The first kappa shape index (κ1) is 12.9. The highest BCUT2D eigenvalue weighted by Gasteiger charge is 2.20. The van der Waals surface area contributed by atoms with Crippen LogP contribution in [-0.4, -0.2) is 23.9 Å². The molecule has 3 N–H and O–H groups in total. The van der Waals surface area contributed by atoms with Gasteiger partial charge < -0.3 is 10.6 Å². The fraction of sp³-hybridized carbons (Fsp3) is 0.571. The summed E-state index contributed by atoms with van der Waals surface area (Å²) in [5.41, 5.74) is 7.41. The Morgan fingerprint density at radius 2 is 2.00 bits per heavy atom. The van der Waals surface area contributed by atoms with Crippen molar-refractivity contribution in [2.24, 2.45) is 5.73 Å². The van der Waals surface area contributed by atoms with Crippen molar-refractivity contribution in [3.05, 3.63) is 24.0 Å². The molecule has 0 aromatic carbocycles. The number of rotatable bonds is 3. The summed E-state index contributed by atoms with van der Waals surface area (Å²) in [6.07, 6.45) is 11.2. The maximum absolute atomic E-state index is 7.65. The molecule has 0 spiro atoms. The SMILES string of the molecule is CN(c1cnccc1C(=N)N)C1CCCCCC1. The van der Waals surface area contributed by atoms with Crippen LogP contribution in [0.25, 0.3) is 0 Å². The minimum atomic E-state index is 0.118. The number of nitrogens with zero attached hydrogens (tertiary/aromatic N) is 2. The Kier molecular flexibility index (Phi) is 4.18. The number of amidine groups is 1. The fourth-order valence-electron chi connectivity index (χ4n) is 2.74. The van der Waals surface area contributed by atoms with Crippen LogP contribution in [0.4, 0.5) is 5.69 Å². The zero-order valence-corrected chi connectivity index (χ0v) is 11.0. The number of anilines is 1. The molecule has 0 bridgehead atoms. The zero-order valence-electron chi connectivity index (χ0n) is 11.0. The molecule has 1 aromatic rings. The molecule has 4 nitrogen and oxygen atoms in total. The highest BCUT2D eigenvalue weighted by atomic mass is 15.1. The topological polar surface area (TPSA) is 66.0 Å². The number of hydrogen-bond acceptors (Lipinski definition) is 3. The van der Waals surface area contributed by atoms with E-state index in [4.69, 9.17) is 11.1 Å². The molecule has 1 saturated carbocycles. The van der Waals surface area contributed by atoms with Gasteiger partial charge in [-0.15, -0.1) is 0 Å². The summed E-state index contributed by atoms with van der Waals surface area (Å²) in [4.78, 5) is 6.43. The summed E-state index contributed by atoms with van der Waals surface area (Å²) in [5, 5.41) is 7.65. The van der Waals surface area contributed by atoms with E-state index in [0.717, 1.165) is 11.3 Å². The van der Waals surface area contributed by atoms with E-state index < -0.39 is 0 Å². The average molecular weight is 246 g/mol. The third kappa shape index (κ3) is 2.81. The van der Waals surface area contributed by atoms with Gasteiger partial charge in [0.2, 0.25) is 0 Å². The molecule has 1 heterocycles. The molecule has 0 amide bonds. The number of hydrogen-bond donors (Lipinski definition) is 2. The molecule has 4 heteroatoms. The van der Waals surface area contributed by atoms with Crippen molar-refractivity contribution in [1.82, 2.24) is 4.98 Å². The van der Waals surface area contributed by atoms with Gasteiger partial charge in [0.15, 0.2) is 0 Å². The predicted octanol–water partition coefficient (Wildman–Crippen LogP) is 2.52. The third-order valence-electron chi connectivity index (χ3n) is 3.84. The van der Waals surface area contributed by atoms with Gasteiger partial charge in [-0.05, 0) is 18.9 Å². The Morgan fingerprint density at radius 1 is 1.33 bits per heavy atom. The lowest BCUT2D eigenvalue weighted by molar-refractivity contribution is 0.552. The zero-order chi connectivity index (χ0) is 13.0. The first-order valence-corrected chi connectivity index (χ1v) is 6.71. The largest absolute Gasteiger partial charge is 0.384 e. The number of nitrogens with one attached hydrogen (secondary N) is 1. The molecule has 0 unspecified atom stereocenters. The highest BCUT2D eigenvalue weighted by molar-refractivity contribution is 6.00. The summed E-state index contributed by atoms with van der Waals surface area (Å²) in [7, 11) is 2.10. The summed E-state index contributed by atoms with van der Waals surface area (Å²) in [6, 6.07) is 2.38. The number of nitrogen functional groups attached to an aromatic ring is 1. The lowest BCUT2D eigenvalue weighted by atomic mass is 10.1. The second-order valence-corrected chi connectivity index (χ2v) is 5.06. The van der Waals surface area contributed by atoms with Crippen molar-refractivity contribution in [2.45, 2.75) is 44.6 Å². The molecule has 2 rings (SSSR count). The van der Waals surface area contributed by atoms with E-state index in [1.165, 1.54) is 38.5 Å². The molecule has 1 fully saturated rings. The molecule has 98 valence electrons. The van der Waals surface area contributed by atoms with Crippen LogP contribution in [0.15, 0.2) is 18.5 Å². The third-order valence-corrected chi connectivity index (χ3v) is 3.84. The molecular formula is C14H22N4. The molecule has 1 aromatic heterocycles. The van der Waals surface area contributed by atoms with Crippen LogP contribution in [0, 0.1) is 5.41 Å². The summed E-state index contributed by atoms with van der Waals surface area (Å²) in [5.74, 6) is 0.118. The van der Waals surface area contributed by atoms with Crippen LogP contribution in [0.3, 0.4) is 0 Å². The molecule has 1 aliphatic carbocycles. The van der Waals surface area contributed by atoms with Crippen molar-refractivity contribution >= 4 is 11.5 Å². The first-order valence-electron chi connectivity index (χ1n) is 6.71. The Bertz CT molecular complexity index is 408. The molecule has 0 radical (unpaired) electrons. The van der Waals surface area contributed by atoms with E-state index in [2.05, 4.69) is 16.9 Å². The van der Waals surface area contributed by atoms with E-state index in [1.807, 2.05) is 12.3 Å². The second kappa shape index (κ2) is 5.85. The van der Waals surface area contributed by atoms with Gasteiger partial charge in [-0.25, -0.2) is 0 Å². The van der Waals surface area contributed by atoms with Gasteiger partial charge in [-0.2, -0.15) is 0 Å². The first-order chi connectivity index (χ1) is 8.70. The van der Waals surface area contributed by atoms with Gasteiger partial charge in [-0.1, -0.05) is 25.7 Å². The monoisotopic (exact) mass is 246 g/mol. The van der Waals surface area contributed by atoms with Gasteiger partial charge in [0, 0.05) is 24.8 Å². The van der Waals surface area contributed by atoms with E-state index in [-0.39, 0.29) is 5.84 Å².